The summed E-state index contributed by atoms with van der Waals surface area (Å²) in [7, 11) is -3.84. The lowest BCUT2D eigenvalue weighted by Gasteiger charge is -2.22. The number of sulfonamides is 1. The zero-order chi connectivity index (χ0) is 26.3. The largest absolute Gasteiger partial charge is 0.490 e. The minimum atomic E-state index is -3.84. The molecule has 0 radical (unpaired) electrons. The van der Waals surface area contributed by atoms with Crippen LogP contribution in [-0.2, 0) is 21.4 Å². The first-order valence-electron chi connectivity index (χ1n) is 11.9. The van der Waals surface area contributed by atoms with Gasteiger partial charge < -0.3 is 9.47 Å². The van der Waals surface area contributed by atoms with E-state index in [0.29, 0.717) is 48.1 Å². The van der Waals surface area contributed by atoms with Gasteiger partial charge in [-0.3, -0.25) is 4.79 Å². The molecule has 0 spiro atoms. The fourth-order valence-electron chi connectivity index (χ4n) is 4.00. The van der Waals surface area contributed by atoms with Crippen molar-refractivity contribution >= 4 is 33.7 Å². The summed E-state index contributed by atoms with van der Waals surface area (Å²) >= 11 is 5.88. The van der Waals surface area contributed by atoms with Crippen molar-refractivity contribution in [2.75, 3.05) is 13.2 Å². The Hall–Kier alpha value is -3.40. The summed E-state index contributed by atoms with van der Waals surface area (Å²) < 4.78 is 39.0. The third kappa shape index (κ3) is 6.68. The molecule has 37 heavy (non-hydrogen) atoms. The van der Waals surface area contributed by atoms with E-state index in [0.717, 1.165) is 5.56 Å². The number of rotatable bonds is 10. The molecule has 3 aromatic carbocycles. The fourth-order valence-corrected chi connectivity index (χ4v) is 5.79. The first kappa shape index (κ1) is 26.7. The number of nitrogens with zero attached hydrogens (tertiary/aromatic N) is 2. The first-order chi connectivity index (χ1) is 17.9. The fraction of sp³-hybridized carbons (Fsp3) is 0.259. The highest BCUT2D eigenvalue weighted by atomic mass is 35.5. The molecular weight excluding hydrogens is 514 g/mol. The first-order valence-corrected chi connectivity index (χ1v) is 13.7. The molecule has 194 valence electrons. The maximum atomic E-state index is 13.1. The van der Waals surface area contributed by atoms with Crippen LogP contribution in [0.25, 0.3) is 0 Å². The standard InChI is InChI=1S/C27H28ClN3O5S/c1-2-35-26-17-21(10-15-25(26)36-19-20-7-4-3-5-8-20)18-29-30-27(32)24-9-6-16-31(24)37(33,34)23-13-11-22(28)12-14-23/h3-5,7-8,10-15,17-18,24H,2,6,9,16,19H2,1H3,(H,30,32)/b29-18-/t24-/m1/s1. The molecule has 1 atom stereocenters. The number of hydrazone groups is 1. The Morgan fingerprint density at radius 2 is 1.84 bits per heavy atom. The monoisotopic (exact) mass is 541 g/mol. The van der Waals surface area contributed by atoms with Gasteiger partial charge >= 0.3 is 0 Å². The van der Waals surface area contributed by atoms with E-state index in [1.807, 2.05) is 37.3 Å². The number of amides is 1. The second-order valence-corrected chi connectivity index (χ2v) is 10.7. The van der Waals surface area contributed by atoms with E-state index in [4.69, 9.17) is 21.1 Å². The smallest absolute Gasteiger partial charge is 0.258 e. The van der Waals surface area contributed by atoms with Gasteiger partial charge in [0.25, 0.3) is 5.91 Å². The number of carbonyl (C=O) groups excluding carboxylic acids is 1. The normalized spacial score (nSPS) is 16.1. The molecule has 0 bridgehead atoms. The van der Waals surface area contributed by atoms with Crippen LogP contribution in [-0.4, -0.2) is 44.0 Å². The molecule has 3 aromatic rings. The molecule has 1 amide bonds. The van der Waals surface area contributed by atoms with Crippen LogP contribution < -0.4 is 14.9 Å². The predicted molar refractivity (Wildman–Crippen MR) is 142 cm³/mol. The van der Waals surface area contributed by atoms with E-state index in [1.165, 1.54) is 34.8 Å². The highest BCUT2D eigenvalue weighted by molar-refractivity contribution is 7.89. The minimum absolute atomic E-state index is 0.0955. The van der Waals surface area contributed by atoms with Gasteiger partial charge in [0, 0.05) is 11.6 Å². The lowest BCUT2D eigenvalue weighted by Crippen LogP contribution is -2.44. The summed E-state index contributed by atoms with van der Waals surface area (Å²) in [6.07, 6.45) is 2.47. The van der Waals surface area contributed by atoms with Crippen LogP contribution in [0.3, 0.4) is 0 Å². The topological polar surface area (TPSA) is 97.3 Å². The molecule has 1 fully saturated rings. The van der Waals surface area contributed by atoms with E-state index >= 15 is 0 Å². The van der Waals surface area contributed by atoms with Gasteiger partial charge in [-0.1, -0.05) is 41.9 Å². The highest BCUT2D eigenvalue weighted by Crippen LogP contribution is 2.29. The van der Waals surface area contributed by atoms with E-state index < -0.39 is 22.0 Å². The summed E-state index contributed by atoms with van der Waals surface area (Å²) in [6.45, 7) is 3.00. The van der Waals surface area contributed by atoms with E-state index in [2.05, 4.69) is 10.5 Å². The number of hydrogen-bond acceptors (Lipinski definition) is 6. The van der Waals surface area contributed by atoms with E-state index in [9.17, 15) is 13.2 Å². The summed E-state index contributed by atoms with van der Waals surface area (Å²) in [5.74, 6) is 0.671. The Morgan fingerprint density at radius 3 is 2.57 bits per heavy atom. The van der Waals surface area contributed by atoms with Crippen molar-refractivity contribution in [1.29, 1.82) is 0 Å². The molecule has 4 rings (SSSR count). The molecule has 1 aliphatic rings. The Balaban J connectivity index is 1.40. The number of halogens is 1. The Labute approximate surface area is 221 Å². The van der Waals surface area contributed by atoms with Crippen molar-refractivity contribution in [3.63, 3.8) is 0 Å². The summed E-state index contributed by atoms with van der Waals surface area (Å²) in [6, 6.07) is 20.2. The molecule has 0 aromatic heterocycles. The number of benzene rings is 3. The number of nitrogens with one attached hydrogen (secondary N) is 1. The van der Waals surface area contributed by atoms with Crippen molar-refractivity contribution in [3.05, 3.63) is 88.9 Å². The SMILES string of the molecule is CCOc1cc(/C=N\NC(=O)[C@H]2CCCN2S(=O)(=O)c2ccc(Cl)cc2)ccc1OCc1ccccc1. The van der Waals surface area contributed by atoms with Crippen LogP contribution in [0.2, 0.25) is 5.02 Å². The zero-order valence-electron chi connectivity index (χ0n) is 20.3. The van der Waals surface area contributed by atoms with Gasteiger partial charge in [-0.25, -0.2) is 13.8 Å². The van der Waals surface area contributed by atoms with Gasteiger partial charge in [0.15, 0.2) is 11.5 Å². The number of ether oxygens (including phenoxy) is 2. The maximum absolute atomic E-state index is 13.1. The molecule has 0 aliphatic carbocycles. The van der Waals surface area contributed by atoms with Crippen LogP contribution in [0.4, 0.5) is 0 Å². The van der Waals surface area contributed by atoms with Gasteiger partial charge in [0.1, 0.15) is 12.6 Å². The molecule has 1 N–H and O–H groups in total. The zero-order valence-corrected chi connectivity index (χ0v) is 21.9. The van der Waals surface area contributed by atoms with Gasteiger partial charge in [0.05, 0.1) is 17.7 Å². The van der Waals surface area contributed by atoms with E-state index in [-0.39, 0.29) is 11.4 Å². The van der Waals surface area contributed by atoms with Gasteiger partial charge in [-0.2, -0.15) is 9.41 Å². The Bertz CT molecular complexity index is 1350. The Morgan fingerprint density at radius 1 is 1.08 bits per heavy atom. The maximum Gasteiger partial charge on any atom is 0.258 e. The molecule has 1 heterocycles. The molecular formula is C27H28ClN3O5S. The van der Waals surface area contributed by atoms with Crippen molar-refractivity contribution in [2.45, 2.75) is 37.3 Å². The molecule has 8 nitrogen and oxygen atoms in total. The minimum Gasteiger partial charge on any atom is -0.490 e. The average molecular weight is 542 g/mol. The molecule has 0 unspecified atom stereocenters. The van der Waals surface area contributed by atoms with Crippen molar-refractivity contribution in [1.82, 2.24) is 9.73 Å². The lowest BCUT2D eigenvalue weighted by atomic mass is 10.2. The van der Waals surface area contributed by atoms with E-state index in [1.54, 1.807) is 18.2 Å². The van der Waals surface area contributed by atoms with Crippen LogP contribution >= 0.6 is 11.6 Å². The second-order valence-electron chi connectivity index (χ2n) is 8.38. The van der Waals surface area contributed by atoms with Gasteiger partial charge in [0.2, 0.25) is 10.0 Å². The highest BCUT2D eigenvalue weighted by Gasteiger charge is 2.39. The summed E-state index contributed by atoms with van der Waals surface area (Å²) in [5.41, 5.74) is 4.21. The molecule has 0 saturated carbocycles. The number of hydrogen-bond donors (Lipinski definition) is 1. The van der Waals surface area contributed by atoms with Crippen molar-refractivity contribution in [2.24, 2.45) is 5.10 Å². The van der Waals surface area contributed by atoms with Gasteiger partial charge in [-0.05, 0) is 73.4 Å². The predicted octanol–water partition coefficient (Wildman–Crippen LogP) is 4.62. The van der Waals surface area contributed by atoms with Crippen LogP contribution in [0, 0.1) is 0 Å². The second kappa shape index (κ2) is 12.2. The Kier molecular flexibility index (Phi) is 8.81. The molecule has 10 heteroatoms. The average Bonchev–Trinajstić information content (AvgIpc) is 3.41. The summed E-state index contributed by atoms with van der Waals surface area (Å²) in [4.78, 5) is 12.9. The van der Waals surface area contributed by atoms with Crippen molar-refractivity contribution in [3.8, 4) is 11.5 Å². The van der Waals surface area contributed by atoms with Crippen LogP contribution in [0.15, 0.2) is 82.8 Å². The molecule has 1 saturated heterocycles. The summed E-state index contributed by atoms with van der Waals surface area (Å²) in [5, 5.41) is 4.49. The lowest BCUT2D eigenvalue weighted by molar-refractivity contribution is -0.124. The molecule has 1 aliphatic heterocycles. The third-order valence-corrected chi connectivity index (χ3v) is 7.99. The number of carbonyl (C=O) groups is 1. The van der Waals surface area contributed by atoms with Gasteiger partial charge in [-0.15, -0.1) is 0 Å². The quantitative estimate of drug-likeness (QED) is 0.298. The van der Waals surface area contributed by atoms with Crippen molar-refractivity contribution < 1.29 is 22.7 Å². The van der Waals surface area contributed by atoms with Crippen LogP contribution in [0.5, 0.6) is 11.5 Å². The third-order valence-electron chi connectivity index (χ3n) is 5.82. The van der Waals surface area contributed by atoms with Crippen LogP contribution in [0.1, 0.15) is 30.9 Å².